The van der Waals surface area contributed by atoms with Crippen molar-refractivity contribution in [3.63, 3.8) is 0 Å². The Kier molecular flexibility index (Phi) is 3.14. The van der Waals surface area contributed by atoms with Crippen molar-refractivity contribution in [2.75, 3.05) is 26.3 Å². The quantitative estimate of drug-likeness (QED) is 0.826. The molecule has 0 N–H and O–H groups in total. The van der Waals surface area contributed by atoms with Gasteiger partial charge < -0.3 is 9.47 Å². The van der Waals surface area contributed by atoms with Crippen LogP contribution in [-0.2, 0) is 10.0 Å². The molecular weight excluding hydrogens is 266 g/mol. The van der Waals surface area contributed by atoms with Crippen molar-refractivity contribution in [2.45, 2.75) is 24.7 Å². The maximum absolute atomic E-state index is 12.6. The van der Waals surface area contributed by atoms with Gasteiger partial charge in [-0.15, -0.1) is 0 Å². The van der Waals surface area contributed by atoms with Crippen molar-refractivity contribution in [3.05, 3.63) is 17.7 Å². The molecular formula is C13H17NO4S. The zero-order valence-corrected chi connectivity index (χ0v) is 11.7. The van der Waals surface area contributed by atoms with Crippen molar-refractivity contribution >= 4 is 10.0 Å². The third-order valence-electron chi connectivity index (χ3n) is 3.52. The minimum absolute atomic E-state index is 0.332. The summed E-state index contributed by atoms with van der Waals surface area (Å²) >= 11 is 0. The van der Waals surface area contributed by atoms with Gasteiger partial charge in [-0.3, -0.25) is 0 Å². The van der Waals surface area contributed by atoms with Gasteiger partial charge in [-0.25, -0.2) is 8.42 Å². The summed E-state index contributed by atoms with van der Waals surface area (Å²) < 4.78 is 37.6. The molecule has 1 aromatic rings. The van der Waals surface area contributed by atoms with E-state index in [0.29, 0.717) is 48.3 Å². The molecule has 0 saturated carbocycles. The molecule has 0 bridgehead atoms. The van der Waals surface area contributed by atoms with Crippen LogP contribution in [-0.4, -0.2) is 39.0 Å². The molecule has 0 spiro atoms. The molecule has 2 aliphatic heterocycles. The first kappa shape index (κ1) is 12.7. The fourth-order valence-electron chi connectivity index (χ4n) is 2.52. The standard InChI is InChI=1S/C13H17NO4S/c1-10-8-11-12(18-7-6-17-11)9-13(10)19(15,16)14-4-2-3-5-14/h8-9H,2-7H2,1H3. The highest BCUT2D eigenvalue weighted by Gasteiger charge is 2.30. The van der Waals surface area contributed by atoms with Crippen LogP contribution >= 0.6 is 0 Å². The maximum Gasteiger partial charge on any atom is 0.243 e. The normalized spacial score (nSPS) is 19.6. The van der Waals surface area contributed by atoms with Crippen LogP contribution in [0.15, 0.2) is 17.0 Å². The molecule has 1 fully saturated rings. The van der Waals surface area contributed by atoms with Gasteiger partial charge >= 0.3 is 0 Å². The van der Waals surface area contributed by atoms with Crippen molar-refractivity contribution in [1.29, 1.82) is 0 Å². The van der Waals surface area contributed by atoms with E-state index >= 15 is 0 Å². The van der Waals surface area contributed by atoms with Crippen LogP contribution in [0.3, 0.4) is 0 Å². The second-order valence-electron chi connectivity index (χ2n) is 4.87. The summed E-state index contributed by atoms with van der Waals surface area (Å²) in [4.78, 5) is 0.332. The number of fused-ring (bicyclic) bond motifs is 1. The number of sulfonamides is 1. The summed E-state index contributed by atoms with van der Waals surface area (Å²) in [7, 11) is -3.41. The average Bonchev–Trinajstić information content (AvgIpc) is 2.92. The lowest BCUT2D eigenvalue weighted by atomic mass is 10.2. The van der Waals surface area contributed by atoms with E-state index in [1.807, 2.05) is 0 Å². The van der Waals surface area contributed by atoms with Crippen LogP contribution in [0.4, 0.5) is 0 Å². The number of hydrogen-bond acceptors (Lipinski definition) is 4. The van der Waals surface area contributed by atoms with Crippen LogP contribution in [0, 0.1) is 6.92 Å². The number of ether oxygens (including phenoxy) is 2. The van der Waals surface area contributed by atoms with Gasteiger partial charge in [0.25, 0.3) is 0 Å². The van der Waals surface area contributed by atoms with Gasteiger partial charge in [0.05, 0.1) is 4.90 Å². The van der Waals surface area contributed by atoms with Gasteiger partial charge in [0, 0.05) is 19.2 Å². The van der Waals surface area contributed by atoms with E-state index in [0.717, 1.165) is 12.8 Å². The van der Waals surface area contributed by atoms with E-state index in [1.165, 1.54) is 0 Å². The van der Waals surface area contributed by atoms with Gasteiger partial charge in [0.1, 0.15) is 13.2 Å². The van der Waals surface area contributed by atoms with Crippen molar-refractivity contribution < 1.29 is 17.9 Å². The van der Waals surface area contributed by atoms with Crippen LogP contribution in [0.2, 0.25) is 0 Å². The summed E-state index contributed by atoms with van der Waals surface area (Å²) in [6, 6.07) is 3.34. The van der Waals surface area contributed by atoms with E-state index < -0.39 is 10.0 Å². The predicted molar refractivity (Wildman–Crippen MR) is 70.2 cm³/mol. The van der Waals surface area contributed by atoms with Crippen molar-refractivity contribution in [3.8, 4) is 11.5 Å². The molecule has 0 unspecified atom stereocenters. The topological polar surface area (TPSA) is 55.8 Å². The second-order valence-corrected chi connectivity index (χ2v) is 6.78. The Morgan fingerprint density at radius 2 is 1.63 bits per heavy atom. The van der Waals surface area contributed by atoms with E-state index in [1.54, 1.807) is 23.4 Å². The fraction of sp³-hybridized carbons (Fsp3) is 0.538. The number of benzene rings is 1. The van der Waals surface area contributed by atoms with Gasteiger partial charge in [0.2, 0.25) is 10.0 Å². The molecule has 1 aromatic carbocycles. The molecule has 0 atom stereocenters. The molecule has 2 aliphatic rings. The molecule has 19 heavy (non-hydrogen) atoms. The van der Waals surface area contributed by atoms with Gasteiger partial charge in [0.15, 0.2) is 11.5 Å². The van der Waals surface area contributed by atoms with Gasteiger partial charge in [-0.2, -0.15) is 4.31 Å². The lowest BCUT2D eigenvalue weighted by Crippen LogP contribution is -2.28. The first-order valence-corrected chi connectivity index (χ1v) is 7.93. The zero-order valence-electron chi connectivity index (χ0n) is 10.9. The molecule has 0 aromatic heterocycles. The highest BCUT2D eigenvalue weighted by Crippen LogP contribution is 2.36. The molecule has 0 amide bonds. The maximum atomic E-state index is 12.6. The van der Waals surface area contributed by atoms with E-state index in [-0.39, 0.29) is 0 Å². The Balaban J connectivity index is 2.04. The summed E-state index contributed by atoms with van der Waals surface area (Å²) in [6.07, 6.45) is 1.87. The first-order valence-electron chi connectivity index (χ1n) is 6.49. The van der Waals surface area contributed by atoms with Gasteiger partial charge in [-0.1, -0.05) is 0 Å². The Morgan fingerprint density at radius 1 is 1.05 bits per heavy atom. The largest absolute Gasteiger partial charge is 0.486 e. The number of aryl methyl sites for hydroxylation is 1. The summed E-state index contributed by atoms with van der Waals surface area (Å²) in [5.41, 5.74) is 0.705. The summed E-state index contributed by atoms with van der Waals surface area (Å²) in [6.45, 7) is 3.97. The number of nitrogens with zero attached hydrogens (tertiary/aromatic N) is 1. The Bertz CT molecular complexity index is 591. The van der Waals surface area contributed by atoms with E-state index in [9.17, 15) is 8.42 Å². The molecule has 6 heteroatoms. The second kappa shape index (κ2) is 4.68. The predicted octanol–water partition coefficient (Wildman–Crippen LogP) is 1.55. The van der Waals surface area contributed by atoms with Crippen molar-refractivity contribution in [1.82, 2.24) is 4.31 Å². The lowest BCUT2D eigenvalue weighted by Gasteiger charge is -2.22. The molecule has 1 saturated heterocycles. The molecule has 0 aliphatic carbocycles. The van der Waals surface area contributed by atoms with Gasteiger partial charge in [-0.05, 0) is 31.4 Å². The average molecular weight is 283 g/mol. The van der Waals surface area contributed by atoms with Crippen molar-refractivity contribution in [2.24, 2.45) is 0 Å². The van der Waals surface area contributed by atoms with Crippen LogP contribution in [0.5, 0.6) is 11.5 Å². The number of hydrogen-bond donors (Lipinski definition) is 0. The Morgan fingerprint density at radius 3 is 2.26 bits per heavy atom. The van der Waals surface area contributed by atoms with E-state index in [2.05, 4.69) is 0 Å². The molecule has 0 radical (unpaired) electrons. The van der Waals surface area contributed by atoms with E-state index in [4.69, 9.17) is 9.47 Å². The monoisotopic (exact) mass is 283 g/mol. The summed E-state index contributed by atoms with van der Waals surface area (Å²) in [5, 5.41) is 0. The molecule has 5 nitrogen and oxygen atoms in total. The first-order chi connectivity index (χ1) is 9.09. The molecule has 3 rings (SSSR count). The summed E-state index contributed by atoms with van der Waals surface area (Å²) in [5.74, 6) is 1.15. The fourth-order valence-corrected chi connectivity index (χ4v) is 4.26. The molecule has 104 valence electrons. The van der Waals surface area contributed by atoms with Crippen LogP contribution in [0.1, 0.15) is 18.4 Å². The minimum atomic E-state index is -3.41. The SMILES string of the molecule is Cc1cc2c(cc1S(=O)(=O)N1CCCC1)OCCO2. The zero-order chi connectivity index (χ0) is 13.5. The van der Waals surface area contributed by atoms with Crippen LogP contribution in [0.25, 0.3) is 0 Å². The Labute approximate surface area is 113 Å². The molecule has 2 heterocycles. The van der Waals surface area contributed by atoms with Crippen LogP contribution < -0.4 is 9.47 Å². The third-order valence-corrected chi connectivity index (χ3v) is 5.56. The minimum Gasteiger partial charge on any atom is -0.486 e. The Hall–Kier alpha value is -1.27. The highest BCUT2D eigenvalue weighted by atomic mass is 32.2. The highest BCUT2D eigenvalue weighted by molar-refractivity contribution is 7.89. The third kappa shape index (κ3) is 2.19. The smallest absolute Gasteiger partial charge is 0.243 e. The number of rotatable bonds is 2. The lowest BCUT2D eigenvalue weighted by molar-refractivity contribution is 0.171.